The SMILES string of the molecule is O=C(O)C(F)(F)F.c1ccc(-c2nc3c(o2)CCN(C2CCNCC2)C3)nc1. The molecule has 1 saturated heterocycles. The highest BCUT2D eigenvalue weighted by atomic mass is 19.4. The Balaban J connectivity index is 0.000000279. The first-order valence-corrected chi connectivity index (χ1v) is 8.99. The minimum absolute atomic E-state index is 0.660. The molecule has 2 aliphatic rings. The molecule has 0 spiro atoms. The van der Waals surface area contributed by atoms with Crippen molar-refractivity contribution in [3.8, 4) is 11.6 Å². The van der Waals surface area contributed by atoms with Gasteiger partial charge in [0.15, 0.2) is 0 Å². The van der Waals surface area contributed by atoms with Crippen LogP contribution in [0.5, 0.6) is 0 Å². The molecule has 4 rings (SSSR count). The van der Waals surface area contributed by atoms with Gasteiger partial charge in [-0.05, 0) is 38.1 Å². The second-order valence-corrected chi connectivity index (χ2v) is 6.61. The molecule has 0 radical (unpaired) electrons. The number of carboxylic acid groups (broad SMARTS) is 1. The highest BCUT2D eigenvalue weighted by Gasteiger charge is 2.38. The van der Waals surface area contributed by atoms with Crippen LogP contribution in [-0.2, 0) is 17.8 Å². The average molecular weight is 398 g/mol. The number of carboxylic acids is 1. The number of rotatable bonds is 2. The van der Waals surface area contributed by atoms with E-state index in [-0.39, 0.29) is 0 Å². The van der Waals surface area contributed by atoms with Crippen molar-refractivity contribution in [1.82, 2.24) is 20.2 Å². The lowest BCUT2D eigenvalue weighted by Gasteiger charge is -2.35. The van der Waals surface area contributed by atoms with Gasteiger partial charge in [-0.25, -0.2) is 9.78 Å². The molecule has 2 aromatic heterocycles. The van der Waals surface area contributed by atoms with Gasteiger partial charge in [-0.1, -0.05) is 6.07 Å². The van der Waals surface area contributed by atoms with Crippen molar-refractivity contribution in [1.29, 1.82) is 0 Å². The van der Waals surface area contributed by atoms with Crippen molar-refractivity contribution in [2.24, 2.45) is 0 Å². The molecule has 7 nitrogen and oxygen atoms in total. The van der Waals surface area contributed by atoms with Crippen LogP contribution in [0.2, 0.25) is 0 Å². The Bertz CT molecular complexity index is 789. The lowest BCUT2D eigenvalue weighted by atomic mass is 10.0. The van der Waals surface area contributed by atoms with Crippen LogP contribution in [0.15, 0.2) is 28.8 Å². The van der Waals surface area contributed by atoms with Crippen LogP contribution in [-0.4, -0.2) is 57.8 Å². The summed E-state index contributed by atoms with van der Waals surface area (Å²) in [5.41, 5.74) is 1.92. The molecule has 4 heterocycles. The summed E-state index contributed by atoms with van der Waals surface area (Å²) in [5.74, 6) is -1.05. The lowest BCUT2D eigenvalue weighted by molar-refractivity contribution is -0.192. The normalized spacial score (nSPS) is 18.1. The molecule has 1 fully saturated rings. The van der Waals surface area contributed by atoms with E-state index in [9.17, 15) is 13.2 Å². The fourth-order valence-electron chi connectivity index (χ4n) is 3.30. The van der Waals surface area contributed by atoms with Crippen LogP contribution in [0.1, 0.15) is 24.3 Å². The van der Waals surface area contributed by atoms with E-state index in [4.69, 9.17) is 14.3 Å². The molecular formula is C18H21F3N4O3. The second kappa shape index (κ2) is 8.70. The largest absolute Gasteiger partial charge is 0.490 e. The molecule has 0 bridgehead atoms. The topological polar surface area (TPSA) is 91.5 Å². The van der Waals surface area contributed by atoms with Crippen LogP contribution >= 0.6 is 0 Å². The van der Waals surface area contributed by atoms with E-state index in [1.807, 2.05) is 18.2 Å². The Kier molecular flexibility index (Phi) is 6.30. The predicted octanol–water partition coefficient (Wildman–Crippen LogP) is 2.48. The molecule has 10 heteroatoms. The number of halogens is 3. The zero-order valence-corrected chi connectivity index (χ0v) is 15.1. The number of oxazole rings is 1. The molecule has 0 unspecified atom stereocenters. The van der Waals surface area contributed by atoms with Gasteiger partial charge < -0.3 is 14.8 Å². The number of nitrogens with zero attached hydrogens (tertiary/aromatic N) is 3. The summed E-state index contributed by atoms with van der Waals surface area (Å²) in [5, 5.41) is 10.6. The summed E-state index contributed by atoms with van der Waals surface area (Å²) in [6, 6.07) is 6.51. The number of nitrogens with one attached hydrogen (secondary N) is 1. The van der Waals surface area contributed by atoms with Crippen molar-refractivity contribution < 1.29 is 27.5 Å². The first-order chi connectivity index (χ1) is 13.3. The number of aromatic nitrogens is 2. The van der Waals surface area contributed by atoms with Gasteiger partial charge in [0.2, 0.25) is 5.89 Å². The van der Waals surface area contributed by atoms with Gasteiger partial charge in [0.05, 0.1) is 5.69 Å². The van der Waals surface area contributed by atoms with Crippen LogP contribution in [0, 0.1) is 0 Å². The first-order valence-electron chi connectivity index (χ1n) is 8.99. The third kappa shape index (κ3) is 5.08. The van der Waals surface area contributed by atoms with Gasteiger partial charge in [-0.15, -0.1) is 0 Å². The second-order valence-electron chi connectivity index (χ2n) is 6.61. The number of alkyl halides is 3. The number of fused-ring (bicyclic) bond motifs is 1. The Hall–Kier alpha value is -2.46. The summed E-state index contributed by atoms with van der Waals surface area (Å²) in [4.78, 5) is 20.5. The third-order valence-electron chi connectivity index (χ3n) is 4.71. The van der Waals surface area contributed by atoms with E-state index in [2.05, 4.69) is 20.2 Å². The molecular weight excluding hydrogens is 377 g/mol. The summed E-state index contributed by atoms with van der Waals surface area (Å²) < 4.78 is 37.7. The molecule has 152 valence electrons. The lowest BCUT2D eigenvalue weighted by Crippen LogP contribution is -2.45. The van der Waals surface area contributed by atoms with E-state index >= 15 is 0 Å². The highest BCUT2D eigenvalue weighted by molar-refractivity contribution is 5.73. The Morgan fingerprint density at radius 3 is 2.61 bits per heavy atom. The van der Waals surface area contributed by atoms with Crippen molar-refractivity contribution in [3.63, 3.8) is 0 Å². The number of hydrogen-bond donors (Lipinski definition) is 2. The van der Waals surface area contributed by atoms with Gasteiger partial charge in [-0.2, -0.15) is 13.2 Å². The predicted molar refractivity (Wildman–Crippen MR) is 93.4 cm³/mol. The summed E-state index contributed by atoms with van der Waals surface area (Å²) in [6.07, 6.45) is 0.125. The van der Waals surface area contributed by atoms with Gasteiger partial charge in [0.25, 0.3) is 0 Å². The molecule has 2 aliphatic heterocycles. The molecule has 2 N–H and O–H groups in total. The van der Waals surface area contributed by atoms with E-state index in [1.165, 1.54) is 12.8 Å². The fraction of sp³-hybridized carbons (Fsp3) is 0.500. The van der Waals surface area contributed by atoms with Gasteiger partial charge in [-0.3, -0.25) is 9.88 Å². The zero-order chi connectivity index (χ0) is 20.1. The maximum absolute atomic E-state index is 10.6. The number of aliphatic carboxylic acids is 1. The minimum atomic E-state index is -5.08. The van der Waals surface area contributed by atoms with Gasteiger partial charge in [0, 0.05) is 31.7 Å². The molecule has 0 aliphatic carbocycles. The number of carbonyl (C=O) groups is 1. The number of hydrogen-bond acceptors (Lipinski definition) is 6. The maximum Gasteiger partial charge on any atom is 0.490 e. The highest BCUT2D eigenvalue weighted by Crippen LogP contribution is 2.27. The molecule has 2 aromatic rings. The fourth-order valence-corrected chi connectivity index (χ4v) is 3.30. The summed E-state index contributed by atoms with van der Waals surface area (Å²) in [6.45, 7) is 4.25. The van der Waals surface area contributed by atoms with E-state index in [1.54, 1.807) is 6.20 Å². The standard InChI is InChI=1S/C16H20N4O.C2HF3O2/c1-2-7-18-13(3-1)16-19-14-11-20(10-6-15(14)21-16)12-4-8-17-9-5-12;3-2(4,5)1(6)7/h1-3,7,12,17H,4-6,8-11H2;(H,6,7). The van der Waals surface area contributed by atoms with Crippen molar-refractivity contribution in [3.05, 3.63) is 35.9 Å². The number of pyridine rings is 1. The monoisotopic (exact) mass is 398 g/mol. The van der Waals surface area contributed by atoms with Gasteiger partial charge >= 0.3 is 12.1 Å². The molecule has 28 heavy (non-hydrogen) atoms. The summed E-state index contributed by atoms with van der Waals surface area (Å²) in [7, 11) is 0. The van der Waals surface area contributed by atoms with Crippen molar-refractivity contribution in [2.45, 2.75) is 38.0 Å². The van der Waals surface area contributed by atoms with Crippen LogP contribution in [0.25, 0.3) is 11.6 Å². The zero-order valence-electron chi connectivity index (χ0n) is 15.1. The molecule has 0 aromatic carbocycles. The van der Waals surface area contributed by atoms with Crippen LogP contribution < -0.4 is 5.32 Å². The van der Waals surface area contributed by atoms with E-state index in [0.29, 0.717) is 11.9 Å². The van der Waals surface area contributed by atoms with E-state index in [0.717, 1.165) is 49.7 Å². The smallest absolute Gasteiger partial charge is 0.475 e. The number of piperidine rings is 1. The minimum Gasteiger partial charge on any atom is -0.475 e. The first kappa shape index (κ1) is 20.3. The molecule has 0 amide bonds. The Morgan fingerprint density at radius 2 is 2.00 bits per heavy atom. The van der Waals surface area contributed by atoms with Crippen LogP contribution in [0.4, 0.5) is 13.2 Å². The maximum atomic E-state index is 10.6. The quantitative estimate of drug-likeness (QED) is 0.803. The Morgan fingerprint density at radius 1 is 1.29 bits per heavy atom. The molecule has 0 atom stereocenters. The van der Waals surface area contributed by atoms with E-state index < -0.39 is 12.1 Å². The average Bonchev–Trinajstić information content (AvgIpc) is 3.12. The van der Waals surface area contributed by atoms with Crippen LogP contribution in [0.3, 0.4) is 0 Å². The Labute approximate surface area is 159 Å². The summed E-state index contributed by atoms with van der Waals surface area (Å²) >= 11 is 0. The molecule has 0 saturated carbocycles. The van der Waals surface area contributed by atoms with Gasteiger partial charge in [0.1, 0.15) is 11.5 Å². The van der Waals surface area contributed by atoms with Crippen molar-refractivity contribution in [2.75, 3.05) is 19.6 Å². The third-order valence-corrected chi connectivity index (χ3v) is 4.71. The van der Waals surface area contributed by atoms with Crippen molar-refractivity contribution >= 4 is 5.97 Å².